The summed E-state index contributed by atoms with van der Waals surface area (Å²) in [6.07, 6.45) is 2.48. The Balaban J connectivity index is 2.12. The molecule has 0 aromatic heterocycles. The topological polar surface area (TPSA) is 3.24 Å². The van der Waals surface area contributed by atoms with E-state index in [1.165, 1.54) is 12.8 Å². The minimum Gasteiger partial charge on any atom is -0.296 e. The van der Waals surface area contributed by atoms with Gasteiger partial charge in [-0.2, -0.15) is 0 Å². The molecule has 0 N–H and O–H groups in total. The van der Waals surface area contributed by atoms with Crippen LogP contribution in [0.4, 0.5) is 4.39 Å². The van der Waals surface area contributed by atoms with E-state index in [-0.39, 0.29) is 5.82 Å². The zero-order valence-corrected chi connectivity index (χ0v) is 11.0. The van der Waals surface area contributed by atoms with Gasteiger partial charge in [0.1, 0.15) is 5.82 Å². The molecule has 1 unspecified atom stereocenters. The minimum absolute atomic E-state index is 0.0745. The molecular formula is C12H15FIN. The van der Waals surface area contributed by atoms with Gasteiger partial charge in [0.05, 0.1) is 0 Å². The van der Waals surface area contributed by atoms with E-state index in [0.29, 0.717) is 6.04 Å². The van der Waals surface area contributed by atoms with Gasteiger partial charge in [0.15, 0.2) is 0 Å². The highest BCUT2D eigenvalue weighted by atomic mass is 127. The van der Waals surface area contributed by atoms with Crippen LogP contribution in [0.2, 0.25) is 0 Å². The van der Waals surface area contributed by atoms with Crippen LogP contribution in [-0.2, 0) is 6.54 Å². The van der Waals surface area contributed by atoms with E-state index in [1.807, 2.05) is 12.1 Å². The molecule has 1 atom stereocenters. The molecule has 1 aromatic carbocycles. The van der Waals surface area contributed by atoms with Gasteiger partial charge in [-0.3, -0.25) is 4.90 Å². The van der Waals surface area contributed by atoms with Crippen LogP contribution in [-0.4, -0.2) is 17.5 Å². The Kier molecular flexibility index (Phi) is 3.61. The van der Waals surface area contributed by atoms with E-state index >= 15 is 0 Å². The summed E-state index contributed by atoms with van der Waals surface area (Å²) in [6, 6.07) is 5.92. The van der Waals surface area contributed by atoms with Gasteiger partial charge in [-0.25, -0.2) is 4.39 Å². The van der Waals surface area contributed by atoms with Crippen molar-refractivity contribution in [1.29, 1.82) is 0 Å². The van der Waals surface area contributed by atoms with Gasteiger partial charge >= 0.3 is 0 Å². The Hall–Kier alpha value is -0.160. The number of halogens is 2. The number of nitrogens with zero attached hydrogens (tertiary/aromatic N) is 1. The Morgan fingerprint density at radius 3 is 3.00 bits per heavy atom. The van der Waals surface area contributed by atoms with Gasteiger partial charge in [0.2, 0.25) is 0 Å². The zero-order chi connectivity index (χ0) is 10.8. The Morgan fingerprint density at radius 2 is 2.33 bits per heavy atom. The molecule has 15 heavy (non-hydrogen) atoms. The first-order valence-electron chi connectivity index (χ1n) is 5.35. The maximum Gasteiger partial charge on any atom is 0.127 e. The molecule has 0 aliphatic carbocycles. The highest BCUT2D eigenvalue weighted by Crippen LogP contribution is 2.21. The Labute approximate surface area is 104 Å². The van der Waals surface area contributed by atoms with Crippen molar-refractivity contribution in [3.8, 4) is 0 Å². The molecule has 1 aromatic rings. The zero-order valence-electron chi connectivity index (χ0n) is 8.84. The van der Waals surface area contributed by atoms with E-state index in [0.717, 1.165) is 22.2 Å². The number of rotatable bonds is 2. The van der Waals surface area contributed by atoms with E-state index in [4.69, 9.17) is 0 Å². The predicted octanol–water partition coefficient (Wildman–Crippen LogP) is 3.41. The molecule has 1 nitrogen and oxygen atoms in total. The lowest BCUT2D eigenvalue weighted by Gasteiger charge is -2.21. The summed E-state index contributed by atoms with van der Waals surface area (Å²) in [6.45, 7) is 4.08. The van der Waals surface area contributed by atoms with E-state index in [2.05, 4.69) is 34.4 Å². The fourth-order valence-corrected chi connectivity index (χ4v) is 2.67. The minimum atomic E-state index is -0.0745. The van der Waals surface area contributed by atoms with Crippen molar-refractivity contribution in [2.24, 2.45) is 0 Å². The van der Waals surface area contributed by atoms with Gasteiger partial charge in [0, 0.05) is 21.7 Å². The van der Waals surface area contributed by atoms with E-state index in [1.54, 1.807) is 6.07 Å². The van der Waals surface area contributed by atoms with Gasteiger partial charge in [-0.05, 0) is 67.1 Å². The summed E-state index contributed by atoms with van der Waals surface area (Å²) in [7, 11) is 0. The van der Waals surface area contributed by atoms with Gasteiger partial charge in [0.25, 0.3) is 0 Å². The van der Waals surface area contributed by atoms with Gasteiger partial charge in [-0.1, -0.05) is 0 Å². The van der Waals surface area contributed by atoms with E-state index < -0.39 is 0 Å². The highest BCUT2D eigenvalue weighted by molar-refractivity contribution is 14.1. The average molecular weight is 319 g/mol. The van der Waals surface area contributed by atoms with E-state index in [9.17, 15) is 4.39 Å². The maximum absolute atomic E-state index is 13.5. The predicted molar refractivity (Wildman–Crippen MR) is 68.2 cm³/mol. The van der Waals surface area contributed by atoms with Crippen LogP contribution in [0.3, 0.4) is 0 Å². The molecule has 0 radical (unpaired) electrons. The first-order valence-corrected chi connectivity index (χ1v) is 6.42. The van der Waals surface area contributed by atoms with Crippen LogP contribution in [0, 0.1) is 9.39 Å². The SMILES string of the molecule is CC1CCCN1Cc1cc(I)ccc1F. The lowest BCUT2D eigenvalue weighted by atomic mass is 10.2. The molecule has 0 spiro atoms. The van der Waals surface area contributed by atoms with Crippen LogP contribution < -0.4 is 0 Å². The fourth-order valence-electron chi connectivity index (χ4n) is 2.11. The third kappa shape index (κ3) is 2.69. The first kappa shape index (κ1) is 11.3. The van der Waals surface area contributed by atoms with Crippen molar-refractivity contribution in [3.63, 3.8) is 0 Å². The molecule has 1 saturated heterocycles. The molecule has 1 heterocycles. The average Bonchev–Trinajstić information content (AvgIpc) is 2.58. The third-order valence-electron chi connectivity index (χ3n) is 3.07. The van der Waals surface area contributed by atoms with Crippen LogP contribution in [0.15, 0.2) is 18.2 Å². The second-order valence-corrected chi connectivity index (χ2v) is 5.44. The molecule has 1 fully saturated rings. The number of hydrogen-bond acceptors (Lipinski definition) is 1. The van der Waals surface area contributed by atoms with Crippen LogP contribution in [0.5, 0.6) is 0 Å². The molecule has 2 rings (SSSR count). The lowest BCUT2D eigenvalue weighted by Crippen LogP contribution is -2.26. The standard InChI is InChI=1S/C12H15FIN/c1-9-3-2-6-15(9)8-10-7-11(14)4-5-12(10)13/h4-5,7,9H,2-3,6,8H2,1H3. The smallest absolute Gasteiger partial charge is 0.127 e. The van der Waals surface area contributed by atoms with Gasteiger partial charge < -0.3 is 0 Å². The maximum atomic E-state index is 13.5. The second-order valence-electron chi connectivity index (χ2n) is 4.20. The molecule has 3 heteroatoms. The third-order valence-corrected chi connectivity index (χ3v) is 3.74. The summed E-state index contributed by atoms with van der Waals surface area (Å²) in [5, 5.41) is 0. The van der Waals surface area contributed by atoms with Crippen LogP contribution >= 0.6 is 22.6 Å². The molecule has 82 valence electrons. The summed E-state index contributed by atoms with van der Waals surface area (Å²) in [5.74, 6) is -0.0745. The summed E-state index contributed by atoms with van der Waals surface area (Å²) < 4.78 is 14.6. The van der Waals surface area contributed by atoms with Crippen molar-refractivity contribution >= 4 is 22.6 Å². The Bertz CT molecular complexity index is 353. The highest BCUT2D eigenvalue weighted by Gasteiger charge is 2.21. The van der Waals surface area contributed by atoms with Crippen molar-refractivity contribution in [1.82, 2.24) is 4.90 Å². The Morgan fingerprint density at radius 1 is 1.53 bits per heavy atom. The lowest BCUT2D eigenvalue weighted by molar-refractivity contribution is 0.256. The largest absolute Gasteiger partial charge is 0.296 e. The monoisotopic (exact) mass is 319 g/mol. The van der Waals surface area contributed by atoms with Crippen LogP contribution in [0.1, 0.15) is 25.3 Å². The summed E-state index contributed by atoms with van der Waals surface area (Å²) in [4.78, 5) is 2.36. The number of hydrogen-bond donors (Lipinski definition) is 0. The molecule has 0 amide bonds. The first-order chi connectivity index (χ1) is 7.16. The summed E-state index contributed by atoms with van der Waals surface area (Å²) >= 11 is 2.23. The van der Waals surface area contributed by atoms with Crippen molar-refractivity contribution in [2.45, 2.75) is 32.4 Å². The summed E-state index contributed by atoms with van der Waals surface area (Å²) in [5.41, 5.74) is 0.829. The van der Waals surface area contributed by atoms with Crippen molar-refractivity contribution < 1.29 is 4.39 Å². The quantitative estimate of drug-likeness (QED) is 0.755. The fraction of sp³-hybridized carbons (Fsp3) is 0.500. The van der Waals surface area contributed by atoms with Crippen LogP contribution in [0.25, 0.3) is 0 Å². The van der Waals surface area contributed by atoms with Gasteiger partial charge in [-0.15, -0.1) is 0 Å². The molecule has 1 aliphatic rings. The molecule has 0 bridgehead atoms. The van der Waals surface area contributed by atoms with Crippen molar-refractivity contribution in [3.05, 3.63) is 33.1 Å². The van der Waals surface area contributed by atoms with Crippen molar-refractivity contribution in [2.75, 3.05) is 6.54 Å². The number of benzene rings is 1. The number of likely N-dealkylation sites (tertiary alicyclic amines) is 1. The normalized spacial score (nSPS) is 22.2. The molecule has 1 aliphatic heterocycles. The molecule has 0 saturated carbocycles. The molecular weight excluding hydrogens is 304 g/mol. The second kappa shape index (κ2) is 4.78.